The van der Waals surface area contributed by atoms with Crippen molar-refractivity contribution >= 4 is 5.91 Å². The zero-order valence-electron chi connectivity index (χ0n) is 14.5. The van der Waals surface area contributed by atoms with Crippen LogP contribution in [-0.4, -0.2) is 41.6 Å². The lowest BCUT2D eigenvalue weighted by Crippen LogP contribution is -2.39. The van der Waals surface area contributed by atoms with E-state index in [0.29, 0.717) is 18.7 Å². The summed E-state index contributed by atoms with van der Waals surface area (Å²) in [5.74, 6) is -0.117. The highest BCUT2D eigenvalue weighted by Gasteiger charge is 2.23. The Bertz CT molecular complexity index is 761. The summed E-state index contributed by atoms with van der Waals surface area (Å²) < 4.78 is 5.70. The SMILES string of the molecule is Cc1ccc(CCN(C[C@H]2CCCO2)C(=O)c2cc[nH]c(=O)c2)cc1. The lowest BCUT2D eigenvalue weighted by Gasteiger charge is -2.25. The van der Waals surface area contributed by atoms with E-state index in [4.69, 9.17) is 4.74 Å². The van der Waals surface area contributed by atoms with Crippen LogP contribution in [0.2, 0.25) is 0 Å². The van der Waals surface area contributed by atoms with E-state index in [-0.39, 0.29) is 17.6 Å². The average molecular weight is 340 g/mol. The molecule has 1 atom stereocenters. The molecule has 0 bridgehead atoms. The summed E-state index contributed by atoms with van der Waals surface area (Å²) in [6, 6.07) is 11.4. The highest BCUT2D eigenvalue weighted by molar-refractivity contribution is 5.94. The topological polar surface area (TPSA) is 62.4 Å². The van der Waals surface area contributed by atoms with Crippen LogP contribution in [-0.2, 0) is 11.2 Å². The van der Waals surface area contributed by atoms with Gasteiger partial charge in [0.05, 0.1) is 6.10 Å². The second kappa shape index (κ2) is 8.12. The van der Waals surface area contributed by atoms with Crippen LogP contribution in [0.15, 0.2) is 47.4 Å². The molecule has 1 aliphatic rings. The molecule has 132 valence electrons. The van der Waals surface area contributed by atoms with Crippen LogP contribution < -0.4 is 5.56 Å². The highest BCUT2D eigenvalue weighted by atomic mass is 16.5. The van der Waals surface area contributed by atoms with Gasteiger partial charge in [0.15, 0.2) is 0 Å². The summed E-state index contributed by atoms with van der Waals surface area (Å²) in [5.41, 5.74) is 2.58. The number of H-pyrrole nitrogens is 1. The standard InChI is InChI=1S/C20H24N2O3/c1-15-4-6-16(7-5-15)9-11-22(14-18-3-2-12-25-18)20(24)17-8-10-21-19(23)13-17/h4-8,10,13,18H,2-3,9,11-12,14H2,1H3,(H,21,23)/t18-/m1/s1. The summed E-state index contributed by atoms with van der Waals surface area (Å²) >= 11 is 0. The van der Waals surface area contributed by atoms with Crippen LogP contribution in [0, 0.1) is 6.92 Å². The van der Waals surface area contributed by atoms with Crippen molar-refractivity contribution in [1.82, 2.24) is 9.88 Å². The number of aryl methyl sites for hydroxylation is 1. The van der Waals surface area contributed by atoms with E-state index in [0.717, 1.165) is 25.9 Å². The number of rotatable bonds is 6. The molecular weight excluding hydrogens is 316 g/mol. The molecule has 3 rings (SSSR count). The van der Waals surface area contributed by atoms with E-state index >= 15 is 0 Å². The number of amides is 1. The van der Waals surface area contributed by atoms with Crippen molar-refractivity contribution in [2.45, 2.75) is 32.3 Å². The molecule has 0 unspecified atom stereocenters. The van der Waals surface area contributed by atoms with Crippen LogP contribution >= 0.6 is 0 Å². The molecule has 1 aliphatic heterocycles. The molecule has 1 amide bonds. The number of carbonyl (C=O) groups excluding carboxylic acids is 1. The van der Waals surface area contributed by atoms with E-state index in [2.05, 4.69) is 36.2 Å². The summed E-state index contributed by atoms with van der Waals surface area (Å²) in [7, 11) is 0. The third-order valence-electron chi connectivity index (χ3n) is 4.55. The van der Waals surface area contributed by atoms with Crippen molar-refractivity contribution in [1.29, 1.82) is 0 Å². The number of carbonyl (C=O) groups is 1. The fourth-order valence-corrected chi connectivity index (χ4v) is 3.09. The number of aromatic amines is 1. The normalized spacial score (nSPS) is 16.8. The van der Waals surface area contributed by atoms with Crippen LogP contribution in [0.5, 0.6) is 0 Å². The predicted molar refractivity (Wildman–Crippen MR) is 96.8 cm³/mol. The van der Waals surface area contributed by atoms with Crippen molar-refractivity contribution in [3.05, 3.63) is 69.6 Å². The first-order valence-electron chi connectivity index (χ1n) is 8.77. The summed E-state index contributed by atoms with van der Waals surface area (Å²) in [6.07, 6.45) is 4.39. The smallest absolute Gasteiger partial charge is 0.254 e. The molecule has 1 aromatic carbocycles. The maximum Gasteiger partial charge on any atom is 0.254 e. The molecule has 0 aliphatic carbocycles. The molecule has 1 N–H and O–H groups in total. The zero-order valence-corrected chi connectivity index (χ0v) is 14.5. The van der Waals surface area contributed by atoms with Gasteiger partial charge in [0, 0.05) is 37.5 Å². The fraction of sp³-hybridized carbons (Fsp3) is 0.400. The van der Waals surface area contributed by atoms with Crippen LogP contribution in [0.25, 0.3) is 0 Å². The first-order chi connectivity index (χ1) is 12.1. The number of hydrogen-bond donors (Lipinski definition) is 1. The minimum atomic E-state index is -0.263. The van der Waals surface area contributed by atoms with Crippen LogP contribution in [0.1, 0.15) is 34.3 Å². The number of hydrogen-bond acceptors (Lipinski definition) is 3. The first-order valence-corrected chi connectivity index (χ1v) is 8.77. The van der Waals surface area contributed by atoms with Gasteiger partial charge in [0.25, 0.3) is 5.91 Å². The quantitative estimate of drug-likeness (QED) is 0.879. The minimum absolute atomic E-state index is 0.0870. The molecule has 2 heterocycles. The van der Waals surface area contributed by atoms with Crippen LogP contribution in [0.3, 0.4) is 0 Å². The lowest BCUT2D eigenvalue weighted by molar-refractivity contribution is 0.0528. The Morgan fingerprint density at radius 3 is 2.76 bits per heavy atom. The van der Waals surface area contributed by atoms with Gasteiger partial charge in [-0.15, -0.1) is 0 Å². The Morgan fingerprint density at radius 2 is 2.08 bits per heavy atom. The molecule has 5 heteroatoms. The van der Waals surface area contributed by atoms with Gasteiger partial charge < -0.3 is 14.6 Å². The molecule has 5 nitrogen and oxygen atoms in total. The van der Waals surface area contributed by atoms with Gasteiger partial charge in [-0.25, -0.2) is 0 Å². The van der Waals surface area contributed by atoms with Gasteiger partial charge in [-0.3, -0.25) is 9.59 Å². The van der Waals surface area contributed by atoms with Crippen molar-refractivity contribution in [3.63, 3.8) is 0 Å². The highest BCUT2D eigenvalue weighted by Crippen LogP contribution is 2.15. The van der Waals surface area contributed by atoms with Gasteiger partial charge in [0.1, 0.15) is 0 Å². The number of pyridine rings is 1. The van der Waals surface area contributed by atoms with Gasteiger partial charge >= 0.3 is 0 Å². The van der Waals surface area contributed by atoms with E-state index in [9.17, 15) is 9.59 Å². The van der Waals surface area contributed by atoms with E-state index in [1.165, 1.54) is 23.4 Å². The van der Waals surface area contributed by atoms with Crippen LogP contribution in [0.4, 0.5) is 0 Å². The molecular formula is C20H24N2O3. The molecule has 1 aromatic heterocycles. The molecule has 25 heavy (non-hydrogen) atoms. The van der Waals surface area contributed by atoms with Crippen molar-refractivity contribution in [3.8, 4) is 0 Å². The molecule has 0 radical (unpaired) electrons. The van der Waals surface area contributed by atoms with Crippen molar-refractivity contribution in [2.24, 2.45) is 0 Å². The second-order valence-corrected chi connectivity index (χ2v) is 6.56. The number of nitrogens with one attached hydrogen (secondary N) is 1. The van der Waals surface area contributed by atoms with E-state index in [1.807, 2.05) is 4.90 Å². The molecule has 1 fully saturated rings. The number of nitrogens with zero attached hydrogens (tertiary/aromatic N) is 1. The predicted octanol–water partition coefficient (Wildman–Crippen LogP) is 2.55. The number of ether oxygens (including phenoxy) is 1. The molecule has 0 saturated carbocycles. The van der Waals surface area contributed by atoms with Crippen molar-refractivity contribution in [2.75, 3.05) is 19.7 Å². The summed E-state index contributed by atoms with van der Waals surface area (Å²) in [4.78, 5) is 28.8. The Balaban J connectivity index is 1.72. The summed E-state index contributed by atoms with van der Waals surface area (Å²) in [6.45, 7) is 3.99. The lowest BCUT2D eigenvalue weighted by atomic mass is 10.1. The Labute approximate surface area is 147 Å². The Hall–Kier alpha value is -2.40. The second-order valence-electron chi connectivity index (χ2n) is 6.56. The maximum absolute atomic E-state index is 12.9. The minimum Gasteiger partial charge on any atom is -0.376 e. The molecule has 2 aromatic rings. The molecule has 0 spiro atoms. The van der Waals surface area contributed by atoms with Gasteiger partial charge in [0.2, 0.25) is 5.56 Å². The summed E-state index contributed by atoms with van der Waals surface area (Å²) in [5, 5.41) is 0. The third-order valence-corrected chi connectivity index (χ3v) is 4.55. The largest absolute Gasteiger partial charge is 0.376 e. The van der Waals surface area contributed by atoms with Gasteiger partial charge in [-0.1, -0.05) is 29.8 Å². The van der Waals surface area contributed by atoms with Gasteiger partial charge in [-0.2, -0.15) is 0 Å². The van der Waals surface area contributed by atoms with Crippen molar-refractivity contribution < 1.29 is 9.53 Å². The fourth-order valence-electron chi connectivity index (χ4n) is 3.09. The maximum atomic E-state index is 12.9. The first kappa shape index (κ1) is 17.4. The number of benzene rings is 1. The monoisotopic (exact) mass is 340 g/mol. The van der Waals surface area contributed by atoms with Gasteiger partial charge in [-0.05, 0) is 37.8 Å². The van der Waals surface area contributed by atoms with E-state index < -0.39 is 0 Å². The zero-order chi connectivity index (χ0) is 17.6. The molecule has 1 saturated heterocycles. The van der Waals surface area contributed by atoms with E-state index in [1.54, 1.807) is 6.07 Å². The Morgan fingerprint density at radius 1 is 1.28 bits per heavy atom. The third kappa shape index (κ3) is 4.79. The number of aromatic nitrogens is 1. The average Bonchev–Trinajstić information content (AvgIpc) is 3.12. The Kier molecular flexibility index (Phi) is 5.66.